The first-order chi connectivity index (χ1) is 8.67. The minimum Gasteiger partial charge on any atom is -0.475 e. The summed E-state index contributed by atoms with van der Waals surface area (Å²) in [6.07, 6.45) is 2.95. The maximum absolute atomic E-state index is 5.59. The first kappa shape index (κ1) is 14.7. The summed E-state index contributed by atoms with van der Waals surface area (Å²) in [5.41, 5.74) is 0. The van der Waals surface area contributed by atoms with Crippen LogP contribution in [0.15, 0.2) is 12.3 Å². The van der Waals surface area contributed by atoms with Gasteiger partial charge in [0.05, 0.1) is 6.10 Å². The van der Waals surface area contributed by atoms with Crippen molar-refractivity contribution in [3.63, 3.8) is 0 Å². The van der Waals surface area contributed by atoms with Gasteiger partial charge in [0, 0.05) is 31.9 Å². The van der Waals surface area contributed by atoms with Gasteiger partial charge in [-0.25, -0.2) is 4.98 Å². The lowest BCUT2D eigenvalue weighted by Gasteiger charge is -2.22. The summed E-state index contributed by atoms with van der Waals surface area (Å²) in [5, 5.41) is 3.14. The number of ether oxygens (including phenoxy) is 1. The minimum atomic E-state index is 0.129. The monoisotopic (exact) mass is 252 g/mol. The molecule has 0 saturated heterocycles. The third kappa shape index (κ3) is 4.87. The summed E-state index contributed by atoms with van der Waals surface area (Å²) < 4.78 is 5.59. The Morgan fingerprint density at radius 2 is 2.17 bits per heavy atom. The highest BCUT2D eigenvalue weighted by Crippen LogP contribution is 2.13. The van der Waals surface area contributed by atoms with Gasteiger partial charge in [-0.05, 0) is 27.3 Å². The number of likely N-dealkylation sites (N-methyl/N-ethyl adjacent to an activating group) is 1. The number of hydrogen-bond acceptors (Lipinski definition) is 5. The molecule has 0 aliphatic carbocycles. The van der Waals surface area contributed by atoms with Gasteiger partial charge in [-0.1, -0.05) is 6.92 Å². The molecule has 5 heteroatoms. The zero-order chi connectivity index (χ0) is 13.4. The predicted molar refractivity (Wildman–Crippen MR) is 74.2 cm³/mol. The SMILES string of the molecule is CCCN(CCNC)c1nccc(OC(C)C)n1. The Kier molecular flexibility index (Phi) is 6.43. The van der Waals surface area contributed by atoms with Crippen molar-refractivity contribution in [1.82, 2.24) is 15.3 Å². The number of rotatable bonds is 8. The van der Waals surface area contributed by atoms with Crippen LogP contribution in [0.2, 0.25) is 0 Å². The quantitative estimate of drug-likeness (QED) is 0.763. The molecule has 0 saturated carbocycles. The standard InChI is InChI=1S/C13H24N4O/c1-5-9-17(10-8-14-4)13-15-7-6-12(16-13)18-11(2)3/h6-7,11,14H,5,8-10H2,1-4H3. The molecule has 1 rings (SSSR count). The predicted octanol–water partition coefficient (Wildman–Crippen LogP) is 1.70. The lowest BCUT2D eigenvalue weighted by Crippen LogP contribution is -2.32. The highest BCUT2D eigenvalue weighted by Gasteiger charge is 2.09. The van der Waals surface area contributed by atoms with E-state index in [2.05, 4.69) is 27.1 Å². The fourth-order valence-corrected chi connectivity index (χ4v) is 1.62. The van der Waals surface area contributed by atoms with E-state index in [-0.39, 0.29) is 6.10 Å². The lowest BCUT2D eigenvalue weighted by atomic mass is 10.4. The van der Waals surface area contributed by atoms with Crippen LogP contribution in [0.4, 0.5) is 5.95 Å². The number of hydrogen-bond donors (Lipinski definition) is 1. The van der Waals surface area contributed by atoms with E-state index in [9.17, 15) is 0 Å². The molecule has 0 aromatic carbocycles. The first-order valence-electron chi connectivity index (χ1n) is 6.56. The number of anilines is 1. The van der Waals surface area contributed by atoms with E-state index < -0.39 is 0 Å². The topological polar surface area (TPSA) is 50.3 Å². The van der Waals surface area contributed by atoms with E-state index in [0.29, 0.717) is 5.88 Å². The molecule has 0 spiro atoms. The molecule has 0 aliphatic rings. The molecule has 18 heavy (non-hydrogen) atoms. The zero-order valence-corrected chi connectivity index (χ0v) is 11.8. The van der Waals surface area contributed by atoms with Gasteiger partial charge in [0.1, 0.15) is 0 Å². The number of nitrogens with one attached hydrogen (secondary N) is 1. The van der Waals surface area contributed by atoms with E-state index in [1.165, 1.54) is 0 Å². The Bertz CT molecular complexity index is 344. The fraction of sp³-hybridized carbons (Fsp3) is 0.692. The summed E-state index contributed by atoms with van der Waals surface area (Å²) in [6, 6.07) is 1.80. The minimum absolute atomic E-state index is 0.129. The van der Waals surface area contributed by atoms with Crippen LogP contribution >= 0.6 is 0 Å². The highest BCUT2D eigenvalue weighted by molar-refractivity contribution is 5.31. The van der Waals surface area contributed by atoms with Crippen LogP contribution in [0.3, 0.4) is 0 Å². The van der Waals surface area contributed by atoms with Gasteiger partial charge in [0.15, 0.2) is 0 Å². The summed E-state index contributed by atoms with van der Waals surface area (Å²) in [5.74, 6) is 1.38. The molecule has 1 heterocycles. The normalized spacial score (nSPS) is 10.7. The Labute approximate surface area is 110 Å². The molecular weight excluding hydrogens is 228 g/mol. The largest absolute Gasteiger partial charge is 0.475 e. The summed E-state index contributed by atoms with van der Waals surface area (Å²) in [6.45, 7) is 8.90. The average Bonchev–Trinajstić information content (AvgIpc) is 2.34. The van der Waals surface area contributed by atoms with Crippen molar-refractivity contribution < 1.29 is 4.74 Å². The van der Waals surface area contributed by atoms with E-state index in [4.69, 9.17) is 4.74 Å². The van der Waals surface area contributed by atoms with Crippen LogP contribution in [0, 0.1) is 0 Å². The van der Waals surface area contributed by atoms with Crippen LogP contribution in [0.25, 0.3) is 0 Å². The second-order valence-electron chi connectivity index (χ2n) is 4.45. The van der Waals surface area contributed by atoms with Crippen LogP contribution in [0.1, 0.15) is 27.2 Å². The van der Waals surface area contributed by atoms with E-state index in [1.807, 2.05) is 20.9 Å². The average molecular weight is 252 g/mol. The van der Waals surface area contributed by atoms with E-state index >= 15 is 0 Å². The Balaban J connectivity index is 2.76. The van der Waals surface area contributed by atoms with E-state index in [0.717, 1.165) is 32.0 Å². The fourth-order valence-electron chi connectivity index (χ4n) is 1.62. The molecule has 0 unspecified atom stereocenters. The maximum atomic E-state index is 5.59. The van der Waals surface area contributed by atoms with Crippen molar-refractivity contribution in [3.8, 4) is 5.88 Å². The first-order valence-corrected chi connectivity index (χ1v) is 6.56. The van der Waals surface area contributed by atoms with E-state index in [1.54, 1.807) is 12.3 Å². The molecule has 0 amide bonds. The van der Waals surface area contributed by atoms with Gasteiger partial charge in [-0.3, -0.25) is 0 Å². The molecule has 1 N–H and O–H groups in total. The van der Waals surface area contributed by atoms with Gasteiger partial charge >= 0.3 is 0 Å². The molecule has 102 valence electrons. The van der Waals surface area contributed by atoms with Crippen LogP contribution < -0.4 is 15.0 Å². The van der Waals surface area contributed by atoms with Crippen LogP contribution in [-0.4, -0.2) is 42.8 Å². The van der Waals surface area contributed by atoms with Gasteiger partial charge in [0.25, 0.3) is 0 Å². The van der Waals surface area contributed by atoms with Crippen molar-refractivity contribution in [1.29, 1.82) is 0 Å². The molecule has 0 fully saturated rings. The Hall–Kier alpha value is -1.36. The molecule has 5 nitrogen and oxygen atoms in total. The van der Waals surface area contributed by atoms with Gasteiger partial charge in [-0.15, -0.1) is 0 Å². The number of aromatic nitrogens is 2. The van der Waals surface area contributed by atoms with Crippen molar-refractivity contribution in [3.05, 3.63) is 12.3 Å². The maximum Gasteiger partial charge on any atom is 0.228 e. The van der Waals surface area contributed by atoms with Gasteiger partial charge in [-0.2, -0.15) is 4.98 Å². The lowest BCUT2D eigenvalue weighted by molar-refractivity contribution is 0.232. The molecular formula is C13H24N4O. The van der Waals surface area contributed by atoms with Crippen molar-refractivity contribution in [2.24, 2.45) is 0 Å². The van der Waals surface area contributed by atoms with Crippen LogP contribution in [0.5, 0.6) is 5.88 Å². The van der Waals surface area contributed by atoms with Gasteiger partial charge < -0.3 is 15.0 Å². The summed E-state index contributed by atoms with van der Waals surface area (Å²) in [7, 11) is 1.95. The second kappa shape index (κ2) is 7.87. The molecule has 0 bridgehead atoms. The highest BCUT2D eigenvalue weighted by atomic mass is 16.5. The molecule has 0 radical (unpaired) electrons. The third-order valence-corrected chi connectivity index (χ3v) is 2.38. The summed E-state index contributed by atoms with van der Waals surface area (Å²) in [4.78, 5) is 10.9. The zero-order valence-electron chi connectivity index (χ0n) is 11.8. The number of nitrogens with zero attached hydrogens (tertiary/aromatic N) is 3. The smallest absolute Gasteiger partial charge is 0.228 e. The Morgan fingerprint density at radius 1 is 1.39 bits per heavy atom. The van der Waals surface area contributed by atoms with Crippen LogP contribution in [-0.2, 0) is 0 Å². The Morgan fingerprint density at radius 3 is 2.78 bits per heavy atom. The second-order valence-corrected chi connectivity index (χ2v) is 4.45. The van der Waals surface area contributed by atoms with Crippen molar-refractivity contribution >= 4 is 5.95 Å². The summed E-state index contributed by atoms with van der Waals surface area (Å²) >= 11 is 0. The molecule has 0 atom stereocenters. The van der Waals surface area contributed by atoms with Gasteiger partial charge in [0.2, 0.25) is 11.8 Å². The van der Waals surface area contributed by atoms with Crippen molar-refractivity contribution in [2.75, 3.05) is 31.6 Å². The van der Waals surface area contributed by atoms with Crippen molar-refractivity contribution in [2.45, 2.75) is 33.3 Å². The third-order valence-electron chi connectivity index (χ3n) is 2.38. The molecule has 0 aliphatic heterocycles. The molecule has 1 aromatic heterocycles. The molecule has 1 aromatic rings.